The van der Waals surface area contributed by atoms with Crippen LogP contribution in [0.25, 0.3) is 5.57 Å². The van der Waals surface area contributed by atoms with Crippen molar-refractivity contribution in [2.75, 3.05) is 6.54 Å². The number of rotatable bonds is 7. The van der Waals surface area contributed by atoms with Crippen LogP contribution >= 0.6 is 11.6 Å². The van der Waals surface area contributed by atoms with Gasteiger partial charge in [-0.1, -0.05) is 24.6 Å². The minimum atomic E-state index is 0.757. The molecule has 0 aromatic carbocycles. The van der Waals surface area contributed by atoms with Crippen LogP contribution in [0.2, 0.25) is 5.02 Å². The molecule has 1 aromatic heterocycles. The average molecular weight is 268 g/mol. The minimum absolute atomic E-state index is 0.757. The van der Waals surface area contributed by atoms with Crippen molar-refractivity contribution in [1.82, 2.24) is 15.1 Å². The van der Waals surface area contributed by atoms with Crippen LogP contribution in [0.3, 0.4) is 0 Å². The van der Waals surface area contributed by atoms with Crippen molar-refractivity contribution >= 4 is 17.2 Å². The lowest BCUT2D eigenvalue weighted by molar-refractivity contribution is 0.596. The molecule has 3 nitrogen and oxygen atoms in total. The van der Waals surface area contributed by atoms with Gasteiger partial charge in [-0.3, -0.25) is 4.68 Å². The van der Waals surface area contributed by atoms with Crippen LogP contribution in [0, 0.1) is 0 Å². The smallest absolute Gasteiger partial charge is 0.0862 e. The van der Waals surface area contributed by atoms with Crippen LogP contribution < -0.4 is 5.32 Å². The SMILES string of the molecule is CCCn1ncc(Cl)c1C(C)=CCCNC1CC1. The molecule has 2 rings (SSSR count). The minimum Gasteiger partial charge on any atom is -0.314 e. The first-order valence-electron chi connectivity index (χ1n) is 6.84. The van der Waals surface area contributed by atoms with Gasteiger partial charge in [0.1, 0.15) is 0 Å². The molecule has 1 aromatic rings. The Morgan fingerprint density at radius 1 is 1.61 bits per heavy atom. The van der Waals surface area contributed by atoms with Gasteiger partial charge in [-0.25, -0.2) is 0 Å². The molecule has 0 amide bonds. The highest BCUT2D eigenvalue weighted by Crippen LogP contribution is 2.24. The molecular formula is C14H22ClN3. The lowest BCUT2D eigenvalue weighted by Gasteiger charge is -2.07. The molecular weight excluding hydrogens is 246 g/mol. The zero-order valence-corrected chi connectivity index (χ0v) is 12.0. The van der Waals surface area contributed by atoms with E-state index in [-0.39, 0.29) is 0 Å². The van der Waals surface area contributed by atoms with Crippen molar-refractivity contribution in [1.29, 1.82) is 0 Å². The van der Waals surface area contributed by atoms with Crippen LogP contribution in [0.5, 0.6) is 0 Å². The van der Waals surface area contributed by atoms with E-state index >= 15 is 0 Å². The zero-order valence-electron chi connectivity index (χ0n) is 11.2. The maximum absolute atomic E-state index is 6.21. The van der Waals surface area contributed by atoms with Crippen molar-refractivity contribution in [2.45, 2.75) is 52.1 Å². The summed E-state index contributed by atoms with van der Waals surface area (Å²) in [6.45, 7) is 6.25. The Kier molecular flexibility index (Phi) is 4.84. The van der Waals surface area contributed by atoms with Gasteiger partial charge in [0.15, 0.2) is 0 Å². The third-order valence-corrected chi connectivity index (χ3v) is 3.49. The van der Waals surface area contributed by atoms with E-state index in [4.69, 9.17) is 11.6 Å². The van der Waals surface area contributed by atoms with Crippen molar-refractivity contribution in [3.05, 3.63) is 23.0 Å². The van der Waals surface area contributed by atoms with Gasteiger partial charge < -0.3 is 5.32 Å². The topological polar surface area (TPSA) is 29.9 Å². The second kappa shape index (κ2) is 6.39. The monoisotopic (exact) mass is 267 g/mol. The van der Waals surface area contributed by atoms with E-state index in [2.05, 4.69) is 30.3 Å². The molecule has 1 heterocycles. The van der Waals surface area contributed by atoms with Crippen LogP contribution in [0.15, 0.2) is 12.3 Å². The number of allylic oxidation sites excluding steroid dienone is 1. The zero-order chi connectivity index (χ0) is 13.0. The van der Waals surface area contributed by atoms with Gasteiger partial charge in [0.25, 0.3) is 0 Å². The first-order valence-corrected chi connectivity index (χ1v) is 7.22. The number of halogens is 1. The molecule has 1 fully saturated rings. The van der Waals surface area contributed by atoms with E-state index in [9.17, 15) is 0 Å². The fraction of sp³-hybridized carbons (Fsp3) is 0.643. The summed E-state index contributed by atoms with van der Waals surface area (Å²) in [4.78, 5) is 0. The standard InChI is InChI=1S/C14H22ClN3/c1-3-9-18-14(13(15)10-17-18)11(2)5-4-8-16-12-6-7-12/h5,10,12,16H,3-4,6-9H2,1-2H3. The van der Waals surface area contributed by atoms with Crippen molar-refractivity contribution < 1.29 is 0 Å². The largest absolute Gasteiger partial charge is 0.314 e. The fourth-order valence-electron chi connectivity index (χ4n) is 2.10. The molecule has 0 unspecified atom stereocenters. The number of aryl methyl sites for hydroxylation is 1. The summed E-state index contributed by atoms with van der Waals surface area (Å²) < 4.78 is 2.00. The number of aromatic nitrogens is 2. The Labute approximate surface area is 114 Å². The second-order valence-corrected chi connectivity index (χ2v) is 5.38. The summed E-state index contributed by atoms with van der Waals surface area (Å²) >= 11 is 6.21. The highest BCUT2D eigenvalue weighted by Gasteiger charge is 2.19. The first kappa shape index (κ1) is 13.6. The lowest BCUT2D eigenvalue weighted by atomic mass is 10.1. The summed E-state index contributed by atoms with van der Waals surface area (Å²) in [5.41, 5.74) is 2.30. The Balaban J connectivity index is 1.94. The summed E-state index contributed by atoms with van der Waals surface area (Å²) in [6.07, 6.45) is 8.81. The van der Waals surface area contributed by atoms with E-state index < -0.39 is 0 Å². The molecule has 1 saturated carbocycles. The van der Waals surface area contributed by atoms with Crippen molar-refractivity contribution in [3.8, 4) is 0 Å². The van der Waals surface area contributed by atoms with Gasteiger partial charge in [0.05, 0.1) is 16.9 Å². The van der Waals surface area contributed by atoms with Gasteiger partial charge >= 0.3 is 0 Å². The molecule has 4 heteroatoms. The predicted molar refractivity (Wildman–Crippen MR) is 76.8 cm³/mol. The summed E-state index contributed by atoms with van der Waals surface area (Å²) in [5, 5.41) is 8.59. The van der Waals surface area contributed by atoms with Crippen LogP contribution in [0.4, 0.5) is 0 Å². The Morgan fingerprint density at radius 2 is 2.39 bits per heavy atom. The molecule has 0 atom stereocenters. The molecule has 100 valence electrons. The summed E-state index contributed by atoms with van der Waals surface area (Å²) in [6, 6.07) is 0.785. The molecule has 1 aliphatic rings. The molecule has 0 aliphatic heterocycles. The quantitative estimate of drug-likeness (QED) is 0.767. The first-order chi connectivity index (χ1) is 8.72. The molecule has 0 radical (unpaired) electrons. The number of hydrogen-bond acceptors (Lipinski definition) is 2. The van der Waals surface area contributed by atoms with E-state index in [1.807, 2.05) is 4.68 Å². The Morgan fingerprint density at radius 3 is 3.06 bits per heavy atom. The Hall–Kier alpha value is -0.800. The van der Waals surface area contributed by atoms with Gasteiger partial charge in [-0.15, -0.1) is 0 Å². The lowest BCUT2D eigenvalue weighted by Crippen LogP contribution is -2.16. The molecule has 1 aliphatic carbocycles. The third kappa shape index (κ3) is 3.59. The summed E-state index contributed by atoms with van der Waals surface area (Å²) in [5.74, 6) is 0. The second-order valence-electron chi connectivity index (χ2n) is 4.97. The predicted octanol–water partition coefficient (Wildman–Crippen LogP) is 3.49. The van der Waals surface area contributed by atoms with Crippen LogP contribution in [0.1, 0.15) is 45.2 Å². The van der Waals surface area contributed by atoms with Gasteiger partial charge in [0.2, 0.25) is 0 Å². The normalized spacial score (nSPS) is 16.3. The van der Waals surface area contributed by atoms with Gasteiger partial charge in [-0.2, -0.15) is 5.10 Å². The van der Waals surface area contributed by atoms with Gasteiger partial charge in [-0.05, 0) is 44.7 Å². The fourth-order valence-corrected chi connectivity index (χ4v) is 2.39. The van der Waals surface area contributed by atoms with E-state index in [1.54, 1.807) is 6.20 Å². The molecule has 18 heavy (non-hydrogen) atoms. The van der Waals surface area contributed by atoms with E-state index in [0.717, 1.165) is 42.7 Å². The third-order valence-electron chi connectivity index (χ3n) is 3.21. The maximum atomic E-state index is 6.21. The molecule has 1 N–H and O–H groups in total. The number of nitrogens with one attached hydrogen (secondary N) is 1. The van der Waals surface area contributed by atoms with Crippen LogP contribution in [-0.2, 0) is 6.54 Å². The van der Waals surface area contributed by atoms with E-state index in [1.165, 1.54) is 18.4 Å². The summed E-state index contributed by atoms with van der Waals surface area (Å²) in [7, 11) is 0. The molecule has 0 saturated heterocycles. The Bertz CT molecular complexity index is 419. The molecule has 0 spiro atoms. The van der Waals surface area contributed by atoms with Gasteiger partial charge in [0, 0.05) is 12.6 Å². The van der Waals surface area contributed by atoms with Crippen LogP contribution in [-0.4, -0.2) is 22.4 Å². The number of nitrogens with zero attached hydrogens (tertiary/aromatic N) is 2. The highest BCUT2D eigenvalue weighted by molar-refractivity contribution is 6.32. The molecule has 0 bridgehead atoms. The average Bonchev–Trinajstić information content (AvgIpc) is 3.10. The maximum Gasteiger partial charge on any atom is 0.0862 e. The van der Waals surface area contributed by atoms with Crippen molar-refractivity contribution in [3.63, 3.8) is 0 Å². The highest BCUT2D eigenvalue weighted by atomic mass is 35.5. The van der Waals surface area contributed by atoms with E-state index in [0.29, 0.717) is 0 Å². The van der Waals surface area contributed by atoms with Crippen molar-refractivity contribution in [2.24, 2.45) is 0 Å². The number of hydrogen-bond donors (Lipinski definition) is 1.